The Morgan fingerprint density at radius 2 is 1.69 bits per heavy atom. The first kappa shape index (κ1) is 41.4. The van der Waals surface area contributed by atoms with E-state index < -0.39 is 64.3 Å². The van der Waals surface area contributed by atoms with Crippen molar-refractivity contribution in [2.45, 2.75) is 32.6 Å². The molecule has 4 aliphatic rings. The molecule has 14 heteroatoms. The number of anilines is 2. The number of para-hydroxylation sites is 1. The Balaban J connectivity index is 0.999. The molecule has 3 fully saturated rings. The number of methoxy groups -OCH3 is 2. The van der Waals surface area contributed by atoms with Crippen LogP contribution in [0.3, 0.4) is 0 Å². The fraction of sp³-hybridized carbons (Fsp3) is 0.260. The number of halogens is 2. The van der Waals surface area contributed by atoms with Gasteiger partial charge in [-0.15, -0.1) is 11.3 Å². The lowest BCUT2D eigenvalue weighted by Crippen LogP contribution is -2.49. The van der Waals surface area contributed by atoms with Crippen LogP contribution >= 0.6 is 22.9 Å². The van der Waals surface area contributed by atoms with Crippen molar-refractivity contribution >= 4 is 80.3 Å². The average Bonchev–Trinajstić information content (AvgIpc) is 3.96. The second kappa shape index (κ2) is 15.3. The predicted octanol–water partition coefficient (Wildman–Crippen LogP) is 9.73. The number of thiophene rings is 1. The number of aromatic nitrogens is 2. The molecule has 11 nitrogen and oxygen atoms in total. The van der Waals surface area contributed by atoms with Crippen LogP contribution in [-0.4, -0.2) is 52.7 Å². The zero-order valence-corrected chi connectivity index (χ0v) is 37.0. The van der Waals surface area contributed by atoms with Crippen molar-refractivity contribution in [3.05, 3.63) is 130 Å². The maximum atomic E-state index is 15.3. The Kier molecular flexibility index (Phi) is 9.91. The van der Waals surface area contributed by atoms with Gasteiger partial charge in [-0.05, 0) is 104 Å². The van der Waals surface area contributed by atoms with Crippen LogP contribution in [0, 0.1) is 41.8 Å². The molecular formula is C50H42ClFN4O7S. The first-order chi connectivity index (χ1) is 30.7. The molecule has 6 atom stereocenters. The number of benzene rings is 4. The summed E-state index contributed by atoms with van der Waals surface area (Å²) in [6.07, 6.45) is 5.92. The molecule has 2 aromatic heterocycles. The smallest absolute Gasteiger partial charge is 0.242 e. The molecule has 0 radical (unpaired) electrons. The highest BCUT2D eigenvalue weighted by molar-refractivity contribution is 7.22. The third kappa shape index (κ3) is 6.15. The first-order valence-corrected chi connectivity index (χ1v) is 22.1. The molecule has 0 spiro atoms. The Morgan fingerprint density at radius 1 is 0.906 bits per heavy atom. The summed E-state index contributed by atoms with van der Waals surface area (Å²) < 4.78 is 28.7. The molecule has 324 valence electrons. The first-order valence-electron chi connectivity index (χ1n) is 20.9. The van der Waals surface area contributed by atoms with Gasteiger partial charge in [0.25, 0.3) is 0 Å². The standard InChI is InChI=1S/C50H42ClFN4O7S/c1-25-34-22-28(51)13-20-40(34)64-45(25)38-24-41(54(3)53-38)56-47(59)36-23-35-31(43(50(36,2)49(56)61)33-7-6-8-37(52)44(33)57)17-18-32-42(35)48(60)55(46(32)58)29-14-10-26(11-15-29)9-12-27-21-30(62-4)16-19-39(27)63-5/h6-17,19-22,24,32,35-36,42-43,57H,18,23H2,1-5H3. The number of phenolic OH excluding ortho intramolecular Hbond substituents is 1. The summed E-state index contributed by atoms with van der Waals surface area (Å²) in [5.41, 5.74) is 2.83. The minimum absolute atomic E-state index is 0.0857. The lowest BCUT2D eigenvalue weighted by atomic mass is 9.51. The molecule has 10 rings (SSSR count). The number of hydrogen-bond donors (Lipinski definition) is 1. The van der Waals surface area contributed by atoms with E-state index >= 15 is 9.18 Å². The molecule has 1 saturated carbocycles. The van der Waals surface area contributed by atoms with Gasteiger partial charge in [0.05, 0.1) is 48.0 Å². The summed E-state index contributed by atoms with van der Waals surface area (Å²) in [7, 11) is 4.85. The minimum Gasteiger partial charge on any atom is -0.505 e. The lowest BCUT2D eigenvalue weighted by molar-refractivity contribution is -0.131. The van der Waals surface area contributed by atoms with Crippen LogP contribution in [0.15, 0.2) is 96.6 Å². The number of nitrogens with zero attached hydrogens (tertiary/aromatic N) is 4. The molecule has 6 aromatic rings. The highest BCUT2D eigenvalue weighted by Crippen LogP contribution is 2.64. The molecule has 4 heterocycles. The number of carbonyl (C=O) groups excluding carboxylic acids is 4. The average molecular weight is 897 g/mol. The quantitative estimate of drug-likeness (QED) is 0.0908. The molecule has 4 amide bonds. The number of fused-ring (bicyclic) bond motifs is 5. The largest absolute Gasteiger partial charge is 0.505 e. The highest BCUT2D eigenvalue weighted by atomic mass is 35.5. The summed E-state index contributed by atoms with van der Waals surface area (Å²) in [5, 5.41) is 17.7. The van der Waals surface area contributed by atoms with Crippen LogP contribution in [-0.2, 0) is 26.2 Å². The van der Waals surface area contributed by atoms with Gasteiger partial charge in [0.15, 0.2) is 11.6 Å². The Hall–Kier alpha value is -6.57. The molecule has 0 bridgehead atoms. The van der Waals surface area contributed by atoms with Gasteiger partial charge in [0.1, 0.15) is 23.0 Å². The van der Waals surface area contributed by atoms with E-state index in [1.807, 2.05) is 73.7 Å². The van der Waals surface area contributed by atoms with E-state index in [1.165, 1.54) is 27.0 Å². The van der Waals surface area contributed by atoms with Gasteiger partial charge in [0.2, 0.25) is 23.6 Å². The van der Waals surface area contributed by atoms with E-state index in [1.54, 1.807) is 52.5 Å². The number of amides is 4. The molecule has 2 saturated heterocycles. The van der Waals surface area contributed by atoms with Crippen LogP contribution in [0.25, 0.3) is 32.8 Å². The van der Waals surface area contributed by atoms with Crippen LogP contribution in [0.4, 0.5) is 15.9 Å². The number of hydrogen-bond acceptors (Lipinski definition) is 9. The highest BCUT2D eigenvalue weighted by Gasteiger charge is 2.68. The summed E-state index contributed by atoms with van der Waals surface area (Å²) in [6.45, 7) is 3.67. The van der Waals surface area contributed by atoms with E-state index in [9.17, 15) is 19.5 Å². The van der Waals surface area contributed by atoms with Gasteiger partial charge in [-0.25, -0.2) is 9.29 Å². The van der Waals surface area contributed by atoms with E-state index in [0.717, 1.165) is 42.6 Å². The van der Waals surface area contributed by atoms with Crippen LogP contribution < -0.4 is 19.3 Å². The molecule has 1 N–H and O–H groups in total. The van der Waals surface area contributed by atoms with Crippen LogP contribution in [0.2, 0.25) is 5.02 Å². The Labute approximate surface area is 377 Å². The molecule has 6 unspecified atom stereocenters. The monoisotopic (exact) mass is 896 g/mol. The normalized spacial score (nSPS) is 24.1. The van der Waals surface area contributed by atoms with Gasteiger partial charge >= 0.3 is 0 Å². The van der Waals surface area contributed by atoms with Crippen molar-refractivity contribution < 1.29 is 38.1 Å². The topological polar surface area (TPSA) is 131 Å². The van der Waals surface area contributed by atoms with E-state index in [0.29, 0.717) is 33.5 Å². The van der Waals surface area contributed by atoms with Crippen molar-refractivity contribution in [2.75, 3.05) is 24.0 Å². The van der Waals surface area contributed by atoms with Gasteiger partial charge in [-0.2, -0.15) is 5.10 Å². The predicted molar refractivity (Wildman–Crippen MR) is 244 cm³/mol. The van der Waals surface area contributed by atoms with Crippen molar-refractivity contribution in [1.82, 2.24) is 9.78 Å². The fourth-order valence-electron chi connectivity index (χ4n) is 10.7. The minimum atomic E-state index is -1.50. The fourth-order valence-corrected chi connectivity index (χ4v) is 12.0. The SMILES string of the molecule is COc1ccc(OC)c(C=Cc2ccc(N3C(=O)C4CC=C5C(CC6C(=O)N(c7cc(-c8sc9ccc(Cl)cc9c8C)nn7C)C(=O)C6(C)C5c5cccc(F)c5O)C4C3=O)cc2)c1. The zero-order valence-electron chi connectivity index (χ0n) is 35.5. The Morgan fingerprint density at radius 3 is 2.44 bits per heavy atom. The Bertz CT molecular complexity index is 3050. The van der Waals surface area contributed by atoms with E-state index in [2.05, 4.69) is 0 Å². The van der Waals surface area contributed by atoms with Crippen molar-refractivity contribution in [2.24, 2.45) is 36.1 Å². The maximum Gasteiger partial charge on any atom is 0.242 e. The molecule has 2 aliphatic carbocycles. The van der Waals surface area contributed by atoms with Crippen molar-refractivity contribution in [1.29, 1.82) is 0 Å². The van der Waals surface area contributed by atoms with Crippen LogP contribution in [0.1, 0.15) is 47.9 Å². The van der Waals surface area contributed by atoms with Gasteiger partial charge < -0.3 is 14.6 Å². The number of ether oxygens (including phenoxy) is 2. The number of aryl methyl sites for hydroxylation is 2. The third-order valence-electron chi connectivity index (χ3n) is 13.9. The van der Waals surface area contributed by atoms with Gasteiger partial charge in [-0.3, -0.25) is 28.8 Å². The van der Waals surface area contributed by atoms with E-state index in [4.69, 9.17) is 26.2 Å². The second-order valence-corrected chi connectivity index (χ2v) is 18.6. The summed E-state index contributed by atoms with van der Waals surface area (Å²) in [6, 6.07) is 24.1. The number of rotatable bonds is 8. The van der Waals surface area contributed by atoms with Gasteiger partial charge in [-0.1, -0.05) is 59.7 Å². The third-order valence-corrected chi connectivity index (χ3v) is 15.4. The molecule has 2 aliphatic heterocycles. The van der Waals surface area contributed by atoms with Crippen LogP contribution in [0.5, 0.6) is 17.2 Å². The number of imide groups is 2. The molecule has 4 aromatic carbocycles. The van der Waals surface area contributed by atoms with Crippen molar-refractivity contribution in [3.63, 3.8) is 0 Å². The summed E-state index contributed by atoms with van der Waals surface area (Å²) in [5.74, 6) is -5.94. The van der Waals surface area contributed by atoms with Crippen molar-refractivity contribution in [3.8, 4) is 27.8 Å². The number of allylic oxidation sites excluding steroid dienone is 2. The lowest BCUT2D eigenvalue weighted by Gasteiger charge is -2.49. The van der Waals surface area contributed by atoms with E-state index in [-0.39, 0.29) is 30.1 Å². The number of carbonyl (C=O) groups is 4. The molecule has 64 heavy (non-hydrogen) atoms. The second-order valence-electron chi connectivity index (χ2n) is 17.1. The summed E-state index contributed by atoms with van der Waals surface area (Å²) >= 11 is 7.86. The van der Waals surface area contributed by atoms with Gasteiger partial charge in [0, 0.05) is 39.9 Å². The number of phenols is 1. The summed E-state index contributed by atoms with van der Waals surface area (Å²) in [4.78, 5) is 62.4. The maximum absolute atomic E-state index is 15.3. The number of aromatic hydroxyl groups is 1. The zero-order chi connectivity index (χ0) is 44.9. The molecular weight excluding hydrogens is 855 g/mol.